The summed E-state index contributed by atoms with van der Waals surface area (Å²) in [6.07, 6.45) is 0. The molecule has 0 aliphatic carbocycles. The number of nitrogens with zero attached hydrogens (tertiary/aromatic N) is 2. The first kappa shape index (κ1) is 20.8. The Morgan fingerprint density at radius 3 is 1.93 bits per heavy atom. The van der Waals surface area contributed by atoms with E-state index in [1.165, 1.54) is 22.0 Å². The Morgan fingerprint density at radius 2 is 1.43 bits per heavy atom. The van der Waals surface area contributed by atoms with E-state index in [0.29, 0.717) is 23.7 Å². The van der Waals surface area contributed by atoms with Crippen molar-refractivity contribution < 1.29 is 13.2 Å². The third-order valence-corrected chi connectivity index (χ3v) is 7.14. The number of amides is 1. The van der Waals surface area contributed by atoms with Crippen molar-refractivity contribution in [3.63, 3.8) is 0 Å². The van der Waals surface area contributed by atoms with Gasteiger partial charge in [-0.05, 0) is 47.4 Å². The zero-order valence-corrected chi connectivity index (χ0v) is 17.9. The lowest BCUT2D eigenvalue weighted by Gasteiger charge is -2.34. The van der Waals surface area contributed by atoms with Crippen LogP contribution in [-0.2, 0) is 15.4 Å². The van der Waals surface area contributed by atoms with Gasteiger partial charge in [0.1, 0.15) is 0 Å². The molecule has 1 fully saturated rings. The van der Waals surface area contributed by atoms with Gasteiger partial charge in [-0.25, -0.2) is 8.42 Å². The number of piperazine rings is 1. The maximum Gasteiger partial charge on any atom is 0.253 e. The zero-order chi connectivity index (χ0) is 20.5. The summed E-state index contributed by atoms with van der Waals surface area (Å²) in [6, 6.07) is 13.8. The summed E-state index contributed by atoms with van der Waals surface area (Å²) in [5.41, 5.74) is 1.83. The van der Waals surface area contributed by atoms with E-state index in [-0.39, 0.29) is 29.3 Å². The molecule has 1 saturated heterocycles. The fraction of sp³-hybridized carbons (Fsp3) is 0.381. The maximum atomic E-state index is 12.8. The first-order chi connectivity index (χ1) is 13.1. The number of rotatable bonds is 3. The van der Waals surface area contributed by atoms with E-state index in [2.05, 4.69) is 20.8 Å². The molecule has 5 nitrogen and oxygen atoms in total. The Morgan fingerprint density at radius 1 is 0.893 bits per heavy atom. The molecule has 1 aliphatic heterocycles. The standard InChI is InChI=1S/C21H25ClN2O3S/c1-21(2,3)17-6-4-16(5-7-17)20(25)23-12-14-24(15-13-23)28(26,27)19-10-8-18(22)9-11-19/h4-11H,12-15H2,1-3H3. The van der Waals surface area contributed by atoms with E-state index in [4.69, 9.17) is 11.6 Å². The van der Waals surface area contributed by atoms with Crippen molar-refractivity contribution in [1.82, 2.24) is 9.21 Å². The molecule has 0 atom stereocenters. The van der Waals surface area contributed by atoms with E-state index < -0.39 is 10.0 Å². The van der Waals surface area contributed by atoms with Gasteiger partial charge in [0.2, 0.25) is 10.0 Å². The molecule has 2 aromatic rings. The van der Waals surface area contributed by atoms with Crippen LogP contribution in [0.5, 0.6) is 0 Å². The Labute approximate surface area is 172 Å². The number of benzene rings is 2. The van der Waals surface area contributed by atoms with Crippen LogP contribution in [0.1, 0.15) is 36.7 Å². The van der Waals surface area contributed by atoms with Gasteiger partial charge in [-0.3, -0.25) is 4.79 Å². The van der Waals surface area contributed by atoms with Crippen LogP contribution in [0.4, 0.5) is 0 Å². The highest BCUT2D eigenvalue weighted by molar-refractivity contribution is 7.89. The van der Waals surface area contributed by atoms with E-state index in [0.717, 1.165) is 0 Å². The molecular formula is C21H25ClN2O3S. The van der Waals surface area contributed by atoms with Crippen molar-refractivity contribution in [3.8, 4) is 0 Å². The number of sulfonamides is 1. The van der Waals surface area contributed by atoms with Gasteiger partial charge in [-0.2, -0.15) is 4.31 Å². The lowest BCUT2D eigenvalue weighted by Crippen LogP contribution is -2.50. The summed E-state index contributed by atoms with van der Waals surface area (Å²) in [4.78, 5) is 14.7. The summed E-state index contributed by atoms with van der Waals surface area (Å²) in [5.74, 6) is -0.0657. The van der Waals surface area contributed by atoms with Crippen LogP contribution in [0.15, 0.2) is 53.4 Å². The molecular weight excluding hydrogens is 396 g/mol. The van der Waals surface area contributed by atoms with Crippen molar-refractivity contribution in [3.05, 3.63) is 64.7 Å². The summed E-state index contributed by atoms with van der Waals surface area (Å²) in [6.45, 7) is 7.67. The number of hydrogen-bond acceptors (Lipinski definition) is 3. The van der Waals surface area contributed by atoms with Gasteiger partial charge < -0.3 is 4.90 Å². The monoisotopic (exact) mass is 420 g/mol. The summed E-state index contributed by atoms with van der Waals surface area (Å²) in [7, 11) is -3.58. The Kier molecular flexibility index (Phi) is 5.84. The molecule has 0 unspecified atom stereocenters. The van der Waals surface area contributed by atoms with Gasteiger partial charge in [0.15, 0.2) is 0 Å². The molecule has 0 N–H and O–H groups in total. The molecule has 28 heavy (non-hydrogen) atoms. The molecule has 1 amide bonds. The van der Waals surface area contributed by atoms with Crippen LogP contribution in [0.3, 0.4) is 0 Å². The third kappa shape index (κ3) is 4.40. The minimum atomic E-state index is -3.58. The van der Waals surface area contributed by atoms with Crippen LogP contribution in [-0.4, -0.2) is 49.7 Å². The van der Waals surface area contributed by atoms with Crippen LogP contribution in [0, 0.1) is 0 Å². The topological polar surface area (TPSA) is 57.7 Å². The van der Waals surface area contributed by atoms with Crippen molar-refractivity contribution in [1.29, 1.82) is 0 Å². The highest BCUT2D eigenvalue weighted by Crippen LogP contribution is 2.23. The first-order valence-electron chi connectivity index (χ1n) is 9.24. The number of carbonyl (C=O) groups excluding carboxylic acids is 1. The van der Waals surface area contributed by atoms with E-state index in [1.54, 1.807) is 17.0 Å². The Hall–Kier alpha value is -1.89. The zero-order valence-electron chi connectivity index (χ0n) is 16.4. The summed E-state index contributed by atoms with van der Waals surface area (Å²) in [5, 5.41) is 0.492. The number of hydrogen-bond donors (Lipinski definition) is 0. The van der Waals surface area contributed by atoms with Crippen molar-refractivity contribution in [2.24, 2.45) is 0 Å². The smallest absolute Gasteiger partial charge is 0.253 e. The van der Waals surface area contributed by atoms with Crippen molar-refractivity contribution in [2.75, 3.05) is 26.2 Å². The summed E-state index contributed by atoms with van der Waals surface area (Å²) < 4.78 is 26.9. The second-order valence-electron chi connectivity index (χ2n) is 7.98. The quantitative estimate of drug-likeness (QED) is 0.759. The molecule has 0 saturated carbocycles. The molecule has 3 rings (SSSR count). The van der Waals surface area contributed by atoms with Gasteiger partial charge in [-0.1, -0.05) is 44.5 Å². The predicted molar refractivity (Wildman–Crippen MR) is 111 cm³/mol. The molecule has 1 aliphatic rings. The van der Waals surface area contributed by atoms with Gasteiger partial charge >= 0.3 is 0 Å². The molecule has 150 valence electrons. The third-order valence-electron chi connectivity index (χ3n) is 4.98. The Bertz CT molecular complexity index is 941. The molecule has 0 aromatic heterocycles. The highest BCUT2D eigenvalue weighted by atomic mass is 35.5. The number of carbonyl (C=O) groups is 1. The largest absolute Gasteiger partial charge is 0.336 e. The van der Waals surface area contributed by atoms with E-state index >= 15 is 0 Å². The van der Waals surface area contributed by atoms with Gasteiger partial charge in [0.25, 0.3) is 5.91 Å². The van der Waals surface area contributed by atoms with Crippen molar-refractivity contribution in [2.45, 2.75) is 31.1 Å². The normalized spacial score (nSPS) is 16.2. The van der Waals surface area contributed by atoms with Crippen LogP contribution < -0.4 is 0 Å². The molecule has 0 bridgehead atoms. The second kappa shape index (κ2) is 7.85. The molecule has 0 radical (unpaired) electrons. The van der Waals surface area contributed by atoms with E-state index in [9.17, 15) is 13.2 Å². The molecule has 1 heterocycles. The van der Waals surface area contributed by atoms with Crippen molar-refractivity contribution >= 4 is 27.5 Å². The van der Waals surface area contributed by atoms with Gasteiger partial charge in [0.05, 0.1) is 4.90 Å². The van der Waals surface area contributed by atoms with E-state index in [1.807, 2.05) is 24.3 Å². The first-order valence-corrected chi connectivity index (χ1v) is 11.1. The molecule has 7 heteroatoms. The second-order valence-corrected chi connectivity index (χ2v) is 10.4. The SMILES string of the molecule is CC(C)(C)c1ccc(C(=O)N2CCN(S(=O)(=O)c3ccc(Cl)cc3)CC2)cc1. The molecule has 0 spiro atoms. The van der Waals surface area contributed by atoms with Crippen LogP contribution in [0.2, 0.25) is 5.02 Å². The highest BCUT2D eigenvalue weighted by Gasteiger charge is 2.30. The maximum absolute atomic E-state index is 12.8. The minimum Gasteiger partial charge on any atom is -0.336 e. The lowest BCUT2D eigenvalue weighted by atomic mass is 9.86. The average molecular weight is 421 g/mol. The van der Waals surface area contributed by atoms with Gasteiger partial charge in [-0.15, -0.1) is 0 Å². The minimum absolute atomic E-state index is 0.0310. The van der Waals surface area contributed by atoms with Crippen LogP contribution in [0.25, 0.3) is 0 Å². The fourth-order valence-corrected chi connectivity index (χ4v) is 4.73. The molecule has 2 aromatic carbocycles. The predicted octanol–water partition coefficient (Wildman–Crippen LogP) is 3.78. The lowest BCUT2D eigenvalue weighted by molar-refractivity contribution is 0.0698. The summed E-state index contributed by atoms with van der Waals surface area (Å²) >= 11 is 5.84. The fourth-order valence-electron chi connectivity index (χ4n) is 3.18. The Balaban J connectivity index is 1.66. The van der Waals surface area contributed by atoms with Gasteiger partial charge in [0, 0.05) is 36.8 Å². The van der Waals surface area contributed by atoms with Crippen LogP contribution >= 0.6 is 11.6 Å². The number of halogens is 1. The average Bonchev–Trinajstić information content (AvgIpc) is 2.67.